The fraction of sp³-hybridized carbons (Fsp3) is 0.538. The van der Waals surface area contributed by atoms with Gasteiger partial charge in [-0.2, -0.15) is 5.10 Å². The van der Waals surface area contributed by atoms with E-state index in [9.17, 15) is 4.79 Å². The molecule has 2 atom stereocenters. The van der Waals surface area contributed by atoms with Crippen molar-refractivity contribution in [1.29, 1.82) is 0 Å². The van der Waals surface area contributed by atoms with Crippen LogP contribution >= 0.6 is 11.5 Å². The Morgan fingerprint density at radius 1 is 1.57 bits per heavy atom. The molecule has 1 amide bonds. The van der Waals surface area contributed by atoms with Crippen LogP contribution in [0.1, 0.15) is 22.5 Å². The number of methoxy groups -OCH3 is 1. The maximum absolute atomic E-state index is 12.5. The van der Waals surface area contributed by atoms with Crippen LogP contribution in [-0.2, 0) is 18.2 Å². The highest BCUT2D eigenvalue weighted by atomic mass is 32.1. The van der Waals surface area contributed by atoms with Crippen LogP contribution in [0.2, 0.25) is 0 Å². The van der Waals surface area contributed by atoms with Crippen molar-refractivity contribution >= 4 is 17.4 Å². The molecule has 0 radical (unpaired) electrons. The number of carbonyl (C=O) groups is 1. The van der Waals surface area contributed by atoms with Crippen molar-refractivity contribution in [3.8, 4) is 0 Å². The lowest BCUT2D eigenvalue weighted by Gasteiger charge is -2.26. The third-order valence-electron chi connectivity index (χ3n) is 3.83. The van der Waals surface area contributed by atoms with Crippen molar-refractivity contribution < 1.29 is 9.53 Å². The number of hydrogen-bond donors (Lipinski definition) is 0. The SMILES string of the molecule is CO[C@H]1CCN(C(=O)c2csnn2)[C@H]1Cc1cnn(C)c1. The molecule has 0 N–H and O–H groups in total. The highest BCUT2D eigenvalue weighted by molar-refractivity contribution is 7.03. The lowest BCUT2D eigenvalue weighted by atomic mass is 10.0. The molecule has 2 aromatic rings. The molecule has 0 aromatic carbocycles. The van der Waals surface area contributed by atoms with Crippen molar-refractivity contribution in [2.45, 2.75) is 25.0 Å². The first-order chi connectivity index (χ1) is 10.2. The average molecular weight is 307 g/mol. The Bertz CT molecular complexity index is 612. The minimum Gasteiger partial charge on any atom is -0.379 e. The minimum absolute atomic E-state index is 0.00778. The van der Waals surface area contributed by atoms with Crippen molar-refractivity contribution in [3.05, 3.63) is 29.0 Å². The molecule has 0 saturated carbocycles. The molecule has 0 spiro atoms. The summed E-state index contributed by atoms with van der Waals surface area (Å²) in [6.45, 7) is 0.680. The van der Waals surface area contributed by atoms with E-state index in [2.05, 4.69) is 14.7 Å². The maximum atomic E-state index is 12.5. The van der Waals surface area contributed by atoms with E-state index in [4.69, 9.17) is 4.74 Å². The van der Waals surface area contributed by atoms with E-state index in [1.165, 1.54) is 11.5 Å². The molecule has 3 heterocycles. The number of carbonyl (C=O) groups excluding carboxylic acids is 1. The van der Waals surface area contributed by atoms with Gasteiger partial charge in [-0.1, -0.05) is 4.49 Å². The lowest BCUT2D eigenvalue weighted by molar-refractivity contribution is 0.0504. The molecule has 3 rings (SSSR count). The normalized spacial score (nSPS) is 21.9. The van der Waals surface area contributed by atoms with Gasteiger partial charge in [-0.25, -0.2) is 0 Å². The Labute approximate surface area is 126 Å². The van der Waals surface area contributed by atoms with E-state index in [0.29, 0.717) is 12.2 Å². The summed E-state index contributed by atoms with van der Waals surface area (Å²) >= 11 is 1.19. The van der Waals surface area contributed by atoms with E-state index in [0.717, 1.165) is 18.4 Å². The Morgan fingerprint density at radius 2 is 2.43 bits per heavy atom. The summed E-state index contributed by atoms with van der Waals surface area (Å²) in [5.41, 5.74) is 1.51. The zero-order valence-corrected chi connectivity index (χ0v) is 12.8. The van der Waals surface area contributed by atoms with Crippen molar-refractivity contribution in [2.24, 2.45) is 7.05 Å². The van der Waals surface area contributed by atoms with Crippen molar-refractivity contribution in [1.82, 2.24) is 24.3 Å². The molecule has 1 aliphatic heterocycles. The van der Waals surface area contributed by atoms with Crippen LogP contribution in [0, 0.1) is 0 Å². The Hall–Kier alpha value is -1.80. The molecule has 2 aromatic heterocycles. The zero-order chi connectivity index (χ0) is 14.8. The second-order valence-electron chi connectivity index (χ2n) is 5.15. The smallest absolute Gasteiger partial charge is 0.275 e. The van der Waals surface area contributed by atoms with Crippen LogP contribution in [0.3, 0.4) is 0 Å². The van der Waals surface area contributed by atoms with Gasteiger partial charge in [0.1, 0.15) is 0 Å². The average Bonchev–Trinajstić information content (AvgIpc) is 3.19. The molecule has 7 nitrogen and oxygen atoms in total. The van der Waals surface area contributed by atoms with Crippen LogP contribution in [0.4, 0.5) is 0 Å². The van der Waals surface area contributed by atoms with Gasteiger partial charge >= 0.3 is 0 Å². The highest BCUT2D eigenvalue weighted by Gasteiger charge is 2.38. The van der Waals surface area contributed by atoms with E-state index in [1.807, 2.05) is 24.3 Å². The largest absolute Gasteiger partial charge is 0.379 e. The summed E-state index contributed by atoms with van der Waals surface area (Å²) in [7, 11) is 3.58. The van der Waals surface area contributed by atoms with Gasteiger partial charge in [-0.3, -0.25) is 9.48 Å². The van der Waals surface area contributed by atoms with Crippen LogP contribution in [0.5, 0.6) is 0 Å². The second kappa shape index (κ2) is 5.90. The molecule has 0 unspecified atom stereocenters. The van der Waals surface area contributed by atoms with Crippen LogP contribution in [0.25, 0.3) is 0 Å². The van der Waals surface area contributed by atoms with Crippen molar-refractivity contribution in [2.75, 3.05) is 13.7 Å². The van der Waals surface area contributed by atoms with E-state index in [-0.39, 0.29) is 18.1 Å². The number of ether oxygens (including phenoxy) is 1. The van der Waals surface area contributed by atoms with Gasteiger partial charge in [-0.15, -0.1) is 5.10 Å². The van der Waals surface area contributed by atoms with Gasteiger partial charge in [0.2, 0.25) is 0 Å². The summed E-state index contributed by atoms with van der Waals surface area (Å²) in [6, 6.07) is 0.00778. The van der Waals surface area contributed by atoms with Gasteiger partial charge in [0.25, 0.3) is 5.91 Å². The Kier molecular flexibility index (Phi) is 3.98. The molecular weight excluding hydrogens is 290 g/mol. The van der Waals surface area contributed by atoms with Crippen LogP contribution < -0.4 is 0 Å². The molecular formula is C13H17N5O2S. The summed E-state index contributed by atoms with van der Waals surface area (Å²) in [6.07, 6.45) is 5.41. The number of rotatable bonds is 4. The molecule has 1 fully saturated rings. The third kappa shape index (κ3) is 2.81. The Morgan fingerprint density at radius 3 is 3.05 bits per heavy atom. The van der Waals surface area contributed by atoms with Gasteiger partial charge in [0, 0.05) is 32.3 Å². The molecule has 1 saturated heterocycles. The quantitative estimate of drug-likeness (QED) is 0.833. The third-order valence-corrected chi connectivity index (χ3v) is 4.33. The lowest BCUT2D eigenvalue weighted by Crippen LogP contribution is -2.41. The number of aryl methyl sites for hydroxylation is 1. The maximum Gasteiger partial charge on any atom is 0.275 e. The molecule has 112 valence electrons. The van der Waals surface area contributed by atoms with Crippen molar-refractivity contribution in [3.63, 3.8) is 0 Å². The topological polar surface area (TPSA) is 73.1 Å². The first-order valence-electron chi connectivity index (χ1n) is 6.77. The van der Waals surface area contributed by atoms with E-state index >= 15 is 0 Å². The molecule has 0 bridgehead atoms. The summed E-state index contributed by atoms with van der Waals surface area (Å²) in [5, 5.41) is 9.74. The molecule has 1 aliphatic rings. The molecule has 8 heteroatoms. The number of amides is 1. The standard InChI is InChI=1S/C13H17N5O2S/c1-17-7-9(6-14-17)5-11-12(20-2)3-4-18(11)13(19)10-8-21-16-15-10/h6-8,11-12H,3-5H2,1-2H3/t11-,12-/m0/s1. The summed E-state index contributed by atoms with van der Waals surface area (Å²) < 4.78 is 11.1. The molecule has 21 heavy (non-hydrogen) atoms. The fourth-order valence-corrected chi connectivity index (χ4v) is 3.25. The monoisotopic (exact) mass is 307 g/mol. The number of aromatic nitrogens is 4. The summed E-state index contributed by atoms with van der Waals surface area (Å²) in [5.74, 6) is -0.0720. The second-order valence-corrected chi connectivity index (χ2v) is 5.76. The van der Waals surface area contributed by atoms with Crippen LogP contribution in [-0.4, -0.2) is 56.0 Å². The van der Waals surface area contributed by atoms with Gasteiger partial charge < -0.3 is 9.64 Å². The van der Waals surface area contributed by atoms with Gasteiger partial charge in [0.15, 0.2) is 5.69 Å². The van der Waals surface area contributed by atoms with Gasteiger partial charge in [-0.05, 0) is 29.9 Å². The number of hydrogen-bond acceptors (Lipinski definition) is 6. The Balaban J connectivity index is 1.80. The van der Waals surface area contributed by atoms with Gasteiger partial charge in [0.05, 0.1) is 18.3 Å². The fourth-order valence-electron chi connectivity index (χ4n) is 2.82. The molecule has 0 aliphatic carbocycles. The zero-order valence-electron chi connectivity index (χ0n) is 12.0. The number of nitrogens with zero attached hydrogens (tertiary/aromatic N) is 5. The predicted octanol–water partition coefficient (Wildman–Crippen LogP) is 0.744. The van der Waals surface area contributed by atoms with E-state index < -0.39 is 0 Å². The highest BCUT2D eigenvalue weighted by Crippen LogP contribution is 2.25. The minimum atomic E-state index is -0.0720. The van der Waals surface area contributed by atoms with E-state index in [1.54, 1.807) is 17.2 Å². The number of likely N-dealkylation sites (tertiary alicyclic amines) is 1. The first-order valence-corrected chi connectivity index (χ1v) is 7.61. The first kappa shape index (κ1) is 14.2. The van der Waals surface area contributed by atoms with Crippen LogP contribution in [0.15, 0.2) is 17.8 Å². The summed E-state index contributed by atoms with van der Waals surface area (Å²) in [4.78, 5) is 14.4. The predicted molar refractivity (Wildman–Crippen MR) is 77.1 cm³/mol.